The van der Waals surface area contributed by atoms with Crippen LogP contribution < -0.4 is 20.3 Å². The number of aryl methyl sites for hydroxylation is 1. The number of carbonyl (C=O) groups excluding carboxylic acids is 1. The normalized spacial score (nSPS) is 11.0. The van der Waals surface area contributed by atoms with Crippen LogP contribution in [-0.2, 0) is 17.9 Å². The van der Waals surface area contributed by atoms with Crippen LogP contribution in [0.25, 0.3) is 21.9 Å². The van der Waals surface area contributed by atoms with Gasteiger partial charge in [0.25, 0.3) is 5.56 Å². The second-order valence-electron chi connectivity index (χ2n) is 7.03. The van der Waals surface area contributed by atoms with E-state index in [0.29, 0.717) is 22.5 Å². The fourth-order valence-corrected chi connectivity index (χ4v) is 3.44. The Labute approximate surface area is 172 Å². The Morgan fingerprint density at radius 1 is 1.17 bits per heavy atom. The number of H-pyrrole nitrogens is 1. The van der Waals surface area contributed by atoms with Gasteiger partial charge in [-0.25, -0.2) is 4.98 Å². The Bertz CT molecular complexity index is 1310. The van der Waals surface area contributed by atoms with E-state index in [0.717, 1.165) is 22.0 Å². The van der Waals surface area contributed by atoms with Crippen LogP contribution in [0.4, 0.5) is 0 Å². The SMILES string of the molecule is COc1ccc(OC)c(CNC(=O)Cn2cnc3c([nH]c4ccc(C)cc43)c2=O)c1. The average molecular weight is 406 g/mol. The van der Waals surface area contributed by atoms with Crippen molar-refractivity contribution in [2.24, 2.45) is 0 Å². The molecule has 8 heteroatoms. The lowest BCUT2D eigenvalue weighted by Gasteiger charge is -2.12. The largest absolute Gasteiger partial charge is 0.497 e. The molecule has 2 aromatic heterocycles. The van der Waals surface area contributed by atoms with Crippen molar-refractivity contribution in [3.05, 3.63) is 64.2 Å². The number of fused-ring (bicyclic) bond motifs is 3. The highest BCUT2D eigenvalue weighted by Gasteiger charge is 2.13. The summed E-state index contributed by atoms with van der Waals surface area (Å²) in [6.45, 7) is 2.10. The van der Waals surface area contributed by atoms with Gasteiger partial charge in [-0.05, 0) is 37.3 Å². The van der Waals surface area contributed by atoms with E-state index in [4.69, 9.17) is 9.47 Å². The zero-order valence-corrected chi connectivity index (χ0v) is 17.0. The fraction of sp³-hybridized carbons (Fsp3) is 0.227. The summed E-state index contributed by atoms with van der Waals surface area (Å²) in [7, 11) is 3.14. The number of rotatable bonds is 6. The van der Waals surface area contributed by atoms with Crippen LogP contribution in [0.2, 0.25) is 0 Å². The second-order valence-corrected chi connectivity index (χ2v) is 7.03. The van der Waals surface area contributed by atoms with Gasteiger partial charge >= 0.3 is 0 Å². The van der Waals surface area contributed by atoms with E-state index in [1.54, 1.807) is 32.4 Å². The standard InChI is InChI=1S/C22H22N4O4/c1-13-4-6-17-16(8-13)20-21(25-17)22(28)26(12-24-20)11-19(27)23-10-14-9-15(29-2)5-7-18(14)30-3/h4-9,12,25H,10-11H2,1-3H3,(H,23,27). The van der Waals surface area contributed by atoms with Gasteiger partial charge in [0.05, 0.1) is 20.5 Å². The molecule has 4 rings (SSSR count). The molecule has 0 bridgehead atoms. The van der Waals surface area contributed by atoms with Gasteiger partial charge in [0, 0.05) is 23.0 Å². The van der Waals surface area contributed by atoms with Crippen LogP contribution in [0, 0.1) is 6.92 Å². The molecule has 0 unspecified atom stereocenters. The van der Waals surface area contributed by atoms with Crippen LogP contribution in [-0.4, -0.2) is 34.7 Å². The van der Waals surface area contributed by atoms with E-state index in [1.807, 2.05) is 25.1 Å². The van der Waals surface area contributed by atoms with Crippen LogP contribution in [0.15, 0.2) is 47.5 Å². The van der Waals surface area contributed by atoms with Gasteiger partial charge in [-0.2, -0.15) is 0 Å². The number of hydrogen-bond acceptors (Lipinski definition) is 5. The van der Waals surface area contributed by atoms with Crippen LogP contribution in [0.1, 0.15) is 11.1 Å². The van der Waals surface area contributed by atoms with Crippen molar-refractivity contribution in [2.75, 3.05) is 14.2 Å². The summed E-state index contributed by atoms with van der Waals surface area (Å²) < 4.78 is 11.8. The minimum absolute atomic E-state index is 0.136. The Balaban J connectivity index is 1.54. The first-order valence-corrected chi connectivity index (χ1v) is 9.45. The van der Waals surface area contributed by atoms with Gasteiger partial charge in [0.15, 0.2) is 0 Å². The van der Waals surface area contributed by atoms with Crippen molar-refractivity contribution in [3.8, 4) is 11.5 Å². The molecular formula is C22H22N4O4. The Hall–Kier alpha value is -3.81. The third-order valence-corrected chi connectivity index (χ3v) is 5.01. The second kappa shape index (κ2) is 7.90. The van der Waals surface area contributed by atoms with Gasteiger partial charge in [0.1, 0.15) is 29.1 Å². The highest BCUT2D eigenvalue weighted by atomic mass is 16.5. The molecule has 0 saturated carbocycles. The summed E-state index contributed by atoms with van der Waals surface area (Å²) in [6.07, 6.45) is 1.41. The molecule has 0 saturated heterocycles. The number of aromatic nitrogens is 3. The van der Waals surface area contributed by atoms with Crippen LogP contribution in [0.3, 0.4) is 0 Å². The van der Waals surface area contributed by atoms with Gasteiger partial charge in [-0.3, -0.25) is 14.2 Å². The van der Waals surface area contributed by atoms with E-state index in [2.05, 4.69) is 15.3 Å². The molecule has 0 aliphatic heterocycles. The van der Waals surface area contributed by atoms with Crippen molar-refractivity contribution >= 4 is 27.8 Å². The molecule has 2 heterocycles. The molecule has 4 aromatic rings. The number of carbonyl (C=O) groups is 1. The molecule has 0 spiro atoms. The Kier molecular flexibility index (Phi) is 5.14. The number of methoxy groups -OCH3 is 2. The molecule has 0 atom stereocenters. The molecule has 2 N–H and O–H groups in total. The van der Waals surface area contributed by atoms with Crippen LogP contribution in [0.5, 0.6) is 11.5 Å². The smallest absolute Gasteiger partial charge is 0.278 e. The highest BCUT2D eigenvalue weighted by molar-refractivity contribution is 6.04. The minimum Gasteiger partial charge on any atom is -0.497 e. The van der Waals surface area contributed by atoms with Gasteiger partial charge < -0.3 is 19.8 Å². The van der Waals surface area contributed by atoms with Gasteiger partial charge in [-0.15, -0.1) is 0 Å². The first-order chi connectivity index (χ1) is 14.5. The number of amides is 1. The summed E-state index contributed by atoms with van der Waals surface area (Å²) in [6, 6.07) is 11.2. The fourth-order valence-electron chi connectivity index (χ4n) is 3.44. The van der Waals surface area contributed by atoms with E-state index < -0.39 is 0 Å². The number of hydrogen-bond donors (Lipinski definition) is 2. The number of aromatic amines is 1. The predicted octanol–water partition coefficient (Wildman–Crippen LogP) is 2.52. The lowest BCUT2D eigenvalue weighted by molar-refractivity contribution is -0.121. The van der Waals surface area contributed by atoms with Crippen molar-refractivity contribution in [1.82, 2.24) is 19.9 Å². The summed E-state index contributed by atoms with van der Waals surface area (Å²) in [5, 5.41) is 3.70. The third-order valence-electron chi connectivity index (χ3n) is 5.01. The molecule has 30 heavy (non-hydrogen) atoms. The van der Waals surface area contributed by atoms with Crippen molar-refractivity contribution in [2.45, 2.75) is 20.0 Å². The van der Waals surface area contributed by atoms with Gasteiger partial charge in [-0.1, -0.05) is 11.6 Å². The lowest BCUT2D eigenvalue weighted by Crippen LogP contribution is -2.32. The molecule has 0 fully saturated rings. The van der Waals surface area contributed by atoms with Crippen LogP contribution >= 0.6 is 0 Å². The quantitative estimate of drug-likeness (QED) is 0.513. The first kappa shape index (κ1) is 19.5. The first-order valence-electron chi connectivity index (χ1n) is 9.45. The third kappa shape index (κ3) is 3.59. The molecule has 0 aliphatic carbocycles. The summed E-state index contributed by atoms with van der Waals surface area (Å²) in [5.41, 5.74) is 3.41. The zero-order chi connectivity index (χ0) is 21.3. The molecule has 0 aliphatic rings. The lowest BCUT2D eigenvalue weighted by atomic mass is 10.2. The maximum Gasteiger partial charge on any atom is 0.278 e. The average Bonchev–Trinajstić information content (AvgIpc) is 3.12. The molecule has 1 amide bonds. The summed E-state index contributed by atoms with van der Waals surface area (Å²) >= 11 is 0. The van der Waals surface area contributed by atoms with Crippen molar-refractivity contribution < 1.29 is 14.3 Å². The molecule has 2 aromatic carbocycles. The maximum absolute atomic E-state index is 12.9. The molecule has 154 valence electrons. The summed E-state index contributed by atoms with van der Waals surface area (Å²) in [5.74, 6) is 1.000. The van der Waals surface area contributed by atoms with E-state index in [-0.39, 0.29) is 24.6 Å². The Morgan fingerprint density at radius 2 is 2.00 bits per heavy atom. The monoisotopic (exact) mass is 406 g/mol. The molecular weight excluding hydrogens is 384 g/mol. The molecule has 0 radical (unpaired) electrons. The maximum atomic E-state index is 12.9. The summed E-state index contributed by atoms with van der Waals surface area (Å²) in [4.78, 5) is 32.8. The molecule has 8 nitrogen and oxygen atoms in total. The van der Waals surface area contributed by atoms with E-state index in [9.17, 15) is 9.59 Å². The minimum atomic E-state index is -0.310. The predicted molar refractivity (Wildman–Crippen MR) is 114 cm³/mol. The van der Waals surface area contributed by atoms with E-state index in [1.165, 1.54) is 10.9 Å². The zero-order valence-electron chi connectivity index (χ0n) is 17.0. The van der Waals surface area contributed by atoms with Crippen molar-refractivity contribution in [1.29, 1.82) is 0 Å². The number of nitrogens with zero attached hydrogens (tertiary/aromatic N) is 2. The number of nitrogens with one attached hydrogen (secondary N) is 2. The number of ether oxygens (including phenoxy) is 2. The Morgan fingerprint density at radius 3 is 2.77 bits per heavy atom. The number of benzene rings is 2. The topological polar surface area (TPSA) is 98.2 Å². The highest BCUT2D eigenvalue weighted by Crippen LogP contribution is 2.24. The van der Waals surface area contributed by atoms with E-state index >= 15 is 0 Å². The van der Waals surface area contributed by atoms with Gasteiger partial charge in [0.2, 0.25) is 5.91 Å². The van der Waals surface area contributed by atoms with Crippen molar-refractivity contribution in [3.63, 3.8) is 0 Å².